The molecule has 7 heteroatoms. The molecule has 2 amide bonds. The number of benzene rings is 1. The Morgan fingerprint density at radius 2 is 2.04 bits per heavy atom. The number of rotatable bonds is 6. The van der Waals surface area contributed by atoms with E-state index < -0.39 is 5.54 Å². The van der Waals surface area contributed by atoms with Crippen molar-refractivity contribution in [3.63, 3.8) is 0 Å². The van der Waals surface area contributed by atoms with E-state index >= 15 is 0 Å². The number of hydrogen-bond acceptors (Lipinski definition) is 4. The highest BCUT2D eigenvalue weighted by Crippen LogP contribution is 2.41. The van der Waals surface area contributed by atoms with Gasteiger partial charge in [0.25, 0.3) is 0 Å². The summed E-state index contributed by atoms with van der Waals surface area (Å²) >= 11 is 0. The number of carbonyl (C=O) groups is 1. The smallest absolute Gasteiger partial charge is 0.318 e. The Kier molecular flexibility index (Phi) is 5.39. The molecule has 0 saturated carbocycles. The molecule has 2 aromatic rings. The number of carbonyl (C=O) groups excluding carboxylic acids is 1. The van der Waals surface area contributed by atoms with Crippen molar-refractivity contribution in [2.24, 2.45) is 5.41 Å². The van der Waals surface area contributed by atoms with Gasteiger partial charge in [0.05, 0.1) is 30.4 Å². The Hall–Kier alpha value is -2.54. The molecule has 3 N–H and O–H groups in total. The maximum Gasteiger partial charge on any atom is 0.318 e. The molecule has 1 aromatic carbocycles. The van der Waals surface area contributed by atoms with Crippen molar-refractivity contribution >= 4 is 11.8 Å². The first kappa shape index (κ1) is 20.2. The number of hydrogen-bond donors (Lipinski definition) is 3. The third-order valence-corrected chi connectivity index (χ3v) is 5.65. The van der Waals surface area contributed by atoms with Crippen molar-refractivity contribution in [1.82, 2.24) is 20.4 Å². The number of nitrogens with zero attached hydrogens (tertiary/aromatic N) is 2. The van der Waals surface area contributed by atoms with E-state index in [0.717, 1.165) is 22.6 Å². The Labute approximate surface area is 166 Å². The zero-order valence-corrected chi connectivity index (χ0v) is 17.6. The number of anilines is 1. The minimum absolute atomic E-state index is 0.102. The van der Waals surface area contributed by atoms with Crippen molar-refractivity contribution in [3.05, 3.63) is 47.2 Å². The minimum Gasteiger partial charge on any atom is -0.384 e. The number of H-pyrrole nitrogens is 1. The SMILES string of the molecule is CNc1n[nH]c2c1CN(C(=O)NC(c1ccccc1)C(C)(C)COC)C2(C)C. The predicted octanol–water partition coefficient (Wildman–Crippen LogP) is 3.63. The summed E-state index contributed by atoms with van der Waals surface area (Å²) < 4.78 is 5.44. The summed E-state index contributed by atoms with van der Waals surface area (Å²) in [6.45, 7) is 9.32. The van der Waals surface area contributed by atoms with E-state index in [4.69, 9.17) is 4.74 Å². The molecule has 1 aromatic heterocycles. The van der Waals surface area contributed by atoms with Crippen molar-refractivity contribution in [3.8, 4) is 0 Å². The minimum atomic E-state index is -0.478. The second kappa shape index (κ2) is 7.47. The van der Waals surface area contributed by atoms with E-state index in [0.29, 0.717) is 13.2 Å². The maximum atomic E-state index is 13.4. The average Bonchev–Trinajstić information content (AvgIpc) is 3.18. The zero-order valence-electron chi connectivity index (χ0n) is 17.6. The van der Waals surface area contributed by atoms with Crippen LogP contribution >= 0.6 is 0 Å². The monoisotopic (exact) mass is 385 g/mol. The molecule has 0 fully saturated rings. The fraction of sp³-hybridized carbons (Fsp3) is 0.524. The van der Waals surface area contributed by atoms with Crippen LogP contribution in [0.3, 0.4) is 0 Å². The maximum absolute atomic E-state index is 13.4. The van der Waals surface area contributed by atoms with Gasteiger partial charge >= 0.3 is 6.03 Å². The van der Waals surface area contributed by atoms with Gasteiger partial charge in [0.2, 0.25) is 0 Å². The number of urea groups is 1. The molecule has 0 bridgehead atoms. The summed E-state index contributed by atoms with van der Waals surface area (Å²) in [5, 5.41) is 13.8. The molecule has 7 nitrogen and oxygen atoms in total. The number of methoxy groups -OCH3 is 1. The molecule has 0 saturated heterocycles. The largest absolute Gasteiger partial charge is 0.384 e. The Morgan fingerprint density at radius 1 is 1.36 bits per heavy atom. The quantitative estimate of drug-likeness (QED) is 0.709. The van der Waals surface area contributed by atoms with Gasteiger partial charge in [-0.05, 0) is 19.4 Å². The zero-order chi connectivity index (χ0) is 20.5. The normalized spacial score (nSPS) is 16.6. The molecule has 1 unspecified atom stereocenters. The molecule has 3 rings (SSSR count). The van der Waals surface area contributed by atoms with Crippen LogP contribution in [0.15, 0.2) is 30.3 Å². The second-order valence-corrected chi connectivity index (χ2v) is 8.54. The molecule has 1 atom stereocenters. The highest BCUT2D eigenvalue weighted by molar-refractivity contribution is 5.77. The lowest BCUT2D eigenvalue weighted by Crippen LogP contribution is -2.50. The molecular weight excluding hydrogens is 354 g/mol. The van der Waals surface area contributed by atoms with Crippen LogP contribution in [-0.4, -0.2) is 41.9 Å². The lowest BCUT2D eigenvalue weighted by molar-refractivity contribution is 0.0700. The summed E-state index contributed by atoms with van der Waals surface area (Å²) in [4.78, 5) is 15.2. The highest BCUT2D eigenvalue weighted by Gasteiger charge is 2.45. The van der Waals surface area contributed by atoms with Gasteiger partial charge in [0.15, 0.2) is 5.82 Å². The molecule has 1 aliphatic heterocycles. The van der Waals surface area contributed by atoms with Crippen LogP contribution in [0, 0.1) is 5.41 Å². The lowest BCUT2D eigenvalue weighted by Gasteiger charge is -2.38. The van der Waals surface area contributed by atoms with Gasteiger partial charge in [0, 0.05) is 25.1 Å². The molecule has 2 heterocycles. The van der Waals surface area contributed by atoms with Gasteiger partial charge in [-0.15, -0.1) is 0 Å². The molecule has 0 spiro atoms. The third kappa shape index (κ3) is 3.46. The number of ether oxygens (including phenoxy) is 1. The Bertz CT molecular complexity index is 829. The first-order chi connectivity index (χ1) is 13.2. The van der Waals surface area contributed by atoms with Crippen LogP contribution < -0.4 is 10.6 Å². The van der Waals surface area contributed by atoms with E-state index in [9.17, 15) is 4.79 Å². The van der Waals surface area contributed by atoms with E-state index in [-0.39, 0.29) is 17.5 Å². The van der Waals surface area contributed by atoms with Crippen molar-refractivity contribution in [2.45, 2.75) is 45.8 Å². The fourth-order valence-electron chi connectivity index (χ4n) is 4.08. The van der Waals surface area contributed by atoms with Crippen LogP contribution in [0.4, 0.5) is 10.6 Å². The Morgan fingerprint density at radius 3 is 2.64 bits per heavy atom. The van der Waals surface area contributed by atoms with Crippen molar-refractivity contribution in [2.75, 3.05) is 26.1 Å². The van der Waals surface area contributed by atoms with Crippen molar-refractivity contribution < 1.29 is 9.53 Å². The second-order valence-electron chi connectivity index (χ2n) is 8.54. The van der Waals surface area contributed by atoms with Gasteiger partial charge in [0.1, 0.15) is 0 Å². The molecule has 0 radical (unpaired) electrons. The van der Waals surface area contributed by atoms with Crippen LogP contribution in [0.25, 0.3) is 0 Å². The first-order valence-corrected chi connectivity index (χ1v) is 9.60. The van der Waals surface area contributed by atoms with Crippen LogP contribution in [0.2, 0.25) is 0 Å². The van der Waals surface area contributed by atoms with Crippen LogP contribution in [0.5, 0.6) is 0 Å². The first-order valence-electron chi connectivity index (χ1n) is 9.60. The summed E-state index contributed by atoms with van der Waals surface area (Å²) in [7, 11) is 3.53. The van der Waals surface area contributed by atoms with Gasteiger partial charge < -0.3 is 20.3 Å². The molecular formula is C21H31N5O2. The summed E-state index contributed by atoms with van der Waals surface area (Å²) in [6.07, 6.45) is 0. The number of amides is 2. The van der Waals surface area contributed by atoms with Crippen molar-refractivity contribution in [1.29, 1.82) is 0 Å². The lowest BCUT2D eigenvalue weighted by atomic mass is 9.81. The van der Waals surface area contributed by atoms with E-state index in [1.165, 1.54) is 0 Å². The molecule has 152 valence electrons. The number of nitrogens with one attached hydrogen (secondary N) is 3. The number of aromatic nitrogens is 2. The van der Waals surface area contributed by atoms with E-state index in [1.54, 1.807) is 7.11 Å². The standard InChI is InChI=1S/C21H31N5O2/c1-20(2,13-28-6)16(14-10-8-7-9-11-14)23-19(27)26-12-15-17(21(26,3)4)24-25-18(15)22-5/h7-11,16H,12-13H2,1-6H3,(H,23,27)(H2,22,24,25). The van der Waals surface area contributed by atoms with Crippen LogP contribution in [0.1, 0.15) is 50.6 Å². The van der Waals surface area contributed by atoms with E-state index in [1.807, 2.05) is 56.1 Å². The van der Waals surface area contributed by atoms with E-state index in [2.05, 4.69) is 34.7 Å². The number of aromatic amines is 1. The summed E-state index contributed by atoms with van der Waals surface area (Å²) in [5.41, 5.74) is 2.32. The van der Waals surface area contributed by atoms with Crippen LogP contribution in [-0.2, 0) is 16.8 Å². The third-order valence-electron chi connectivity index (χ3n) is 5.65. The van der Waals surface area contributed by atoms with Gasteiger partial charge in [-0.3, -0.25) is 5.10 Å². The van der Waals surface area contributed by atoms with Gasteiger partial charge in [-0.25, -0.2) is 4.79 Å². The number of fused-ring (bicyclic) bond motifs is 1. The average molecular weight is 386 g/mol. The highest BCUT2D eigenvalue weighted by atomic mass is 16.5. The van der Waals surface area contributed by atoms with Gasteiger partial charge in [-0.2, -0.15) is 5.10 Å². The molecule has 28 heavy (non-hydrogen) atoms. The predicted molar refractivity (Wildman–Crippen MR) is 110 cm³/mol. The molecule has 0 aliphatic carbocycles. The summed E-state index contributed by atoms with van der Waals surface area (Å²) in [6, 6.07) is 9.77. The summed E-state index contributed by atoms with van der Waals surface area (Å²) in [5.74, 6) is 0.790. The molecule has 1 aliphatic rings. The fourth-order valence-corrected chi connectivity index (χ4v) is 4.08. The topological polar surface area (TPSA) is 82.3 Å². The van der Waals surface area contributed by atoms with Gasteiger partial charge in [-0.1, -0.05) is 44.2 Å². The Balaban J connectivity index is 1.88.